The molecule has 0 aliphatic heterocycles. The third-order valence-corrected chi connectivity index (χ3v) is 5.66. The lowest BCUT2D eigenvalue weighted by Crippen LogP contribution is -2.13. The van der Waals surface area contributed by atoms with Crippen LogP contribution in [0.25, 0.3) is 23.0 Å². The molecule has 0 saturated heterocycles. The third kappa shape index (κ3) is 6.29. The van der Waals surface area contributed by atoms with Crippen molar-refractivity contribution in [3.63, 3.8) is 0 Å². The third-order valence-electron chi connectivity index (χ3n) is 5.66. The van der Waals surface area contributed by atoms with Crippen LogP contribution in [0.3, 0.4) is 0 Å². The van der Waals surface area contributed by atoms with Gasteiger partial charge in [0, 0.05) is 23.0 Å². The maximum Gasteiger partial charge on any atom is 0.266 e. The van der Waals surface area contributed by atoms with Gasteiger partial charge in [-0.15, -0.1) is 0 Å². The number of anilines is 1. The number of benzene rings is 3. The Labute approximate surface area is 223 Å². The summed E-state index contributed by atoms with van der Waals surface area (Å²) in [4.78, 5) is 13.0. The van der Waals surface area contributed by atoms with E-state index >= 15 is 0 Å². The molecule has 7 nitrogen and oxygen atoms in total. The minimum atomic E-state index is -0.507. The van der Waals surface area contributed by atoms with Crippen molar-refractivity contribution < 1.29 is 14.3 Å². The van der Waals surface area contributed by atoms with Crippen LogP contribution in [0.2, 0.25) is 0 Å². The van der Waals surface area contributed by atoms with E-state index in [1.807, 2.05) is 88.5 Å². The average Bonchev–Trinajstić information content (AvgIpc) is 3.34. The number of carbonyl (C=O) groups excluding carboxylic acids is 1. The molecule has 0 unspecified atom stereocenters. The number of nitrogens with one attached hydrogen (secondary N) is 1. The number of aryl methyl sites for hydroxylation is 1. The predicted molar refractivity (Wildman–Crippen MR) is 149 cm³/mol. The van der Waals surface area contributed by atoms with E-state index in [4.69, 9.17) is 14.6 Å². The van der Waals surface area contributed by atoms with Gasteiger partial charge >= 0.3 is 0 Å². The molecule has 0 aliphatic rings. The van der Waals surface area contributed by atoms with E-state index in [2.05, 4.69) is 5.32 Å². The zero-order chi connectivity index (χ0) is 27.1. The summed E-state index contributed by atoms with van der Waals surface area (Å²) < 4.78 is 13.1. The molecule has 1 amide bonds. The van der Waals surface area contributed by atoms with Gasteiger partial charge in [0.25, 0.3) is 5.91 Å². The van der Waals surface area contributed by atoms with Crippen molar-refractivity contribution in [1.29, 1.82) is 5.26 Å². The number of carbonyl (C=O) groups is 1. The SMILES string of the molecule is CCOc1ccc(NC(=O)/C(C#N)=C\c2cn(-c3ccccc3)nc2-c2ccc(OC(C)C)c(C)c2)cc1. The summed E-state index contributed by atoms with van der Waals surface area (Å²) in [6.45, 7) is 8.41. The standard InChI is InChI=1S/C31H30N4O3/c1-5-37-28-14-12-26(13-15-28)33-31(36)24(19-32)18-25-20-35(27-9-7-6-8-10-27)34-30(25)23-11-16-29(22(4)17-23)38-21(2)3/h6-18,20-21H,5H2,1-4H3,(H,33,36)/b24-18-. The minimum absolute atomic E-state index is 0.0378. The van der Waals surface area contributed by atoms with Crippen LogP contribution in [-0.2, 0) is 4.79 Å². The summed E-state index contributed by atoms with van der Waals surface area (Å²) in [5, 5.41) is 17.5. The zero-order valence-corrected chi connectivity index (χ0v) is 21.9. The molecule has 0 bridgehead atoms. The summed E-state index contributed by atoms with van der Waals surface area (Å²) in [7, 11) is 0. The van der Waals surface area contributed by atoms with Gasteiger partial charge in [-0.1, -0.05) is 18.2 Å². The van der Waals surface area contributed by atoms with E-state index in [0.29, 0.717) is 29.3 Å². The van der Waals surface area contributed by atoms with Crippen LogP contribution in [0.4, 0.5) is 5.69 Å². The van der Waals surface area contributed by atoms with Crippen molar-refractivity contribution in [2.75, 3.05) is 11.9 Å². The molecule has 0 atom stereocenters. The molecule has 0 fully saturated rings. The molecular formula is C31H30N4O3. The first-order valence-electron chi connectivity index (χ1n) is 12.5. The number of nitrogens with zero attached hydrogens (tertiary/aromatic N) is 3. The zero-order valence-electron chi connectivity index (χ0n) is 21.9. The van der Waals surface area contributed by atoms with Gasteiger partial charge in [-0.2, -0.15) is 10.4 Å². The van der Waals surface area contributed by atoms with Crippen LogP contribution in [0.15, 0.2) is 84.6 Å². The number of rotatable bonds is 9. The van der Waals surface area contributed by atoms with Crippen molar-refractivity contribution in [3.8, 4) is 34.5 Å². The van der Waals surface area contributed by atoms with E-state index in [0.717, 1.165) is 22.6 Å². The molecule has 192 valence electrons. The molecule has 38 heavy (non-hydrogen) atoms. The molecule has 7 heteroatoms. The Balaban J connectivity index is 1.71. The summed E-state index contributed by atoms with van der Waals surface area (Å²) >= 11 is 0. The monoisotopic (exact) mass is 506 g/mol. The van der Waals surface area contributed by atoms with Crippen LogP contribution >= 0.6 is 0 Å². The van der Waals surface area contributed by atoms with Crippen molar-refractivity contribution >= 4 is 17.7 Å². The van der Waals surface area contributed by atoms with Crippen LogP contribution < -0.4 is 14.8 Å². The van der Waals surface area contributed by atoms with Gasteiger partial charge in [0.2, 0.25) is 0 Å². The van der Waals surface area contributed by atoms with Gasteiger partial charge in [-0.3, -0.25) is 4.79 Å². The summed E-state index contributed by atoms with van der Waals surface area (Å²) in [6.07, 6.45) is 3.45. The van der Waals surface area contributed by atoms with Crippen molar-refractivity contribution in [1.82, 2.24) is 9.78 Å². The second kappa shape index (κ2) is 11.9. The largest absolute Gasteiger partial charge is 0.494 e. The molecule has 0 saturated carbocycles. The molecule has 4 aromatic rings. The van der Waals surface area contributed by atoms with Gasteiger partial charge in [-0.05, 0) is 93.9 Å². The molecule has 1 heterocycles. The lowest BCUT2D eigenvalue weighted by molar-refractivity contribution is -0.112. The Kier molecular flexibility index (Phi) is 8.24. The van der Waals surface area contributed by atoms with Crippen LogP contribution in [-0.4, -0.2) is 28.4 Å². The van der Waals surface area contributed by atoms with E-state index in [9.17, 15) is 10.1 Å². The predicted octanol–water partition coefficient (Wildman–Crippen LogP) is 6.58. The first-order chi connectivity index (χ1) is 18.4. The average molecular weight is 507 g/mol. The van der Waals surface area contributed by atoms with Gasteiger partial charge in [-0.25, -0.2) is 4.68 Å². The number of nitriles is 1. The Morgan fingerprint density at radius 2 is 1.84 bits per heavy atom. The molecular weight excluding hydrogens is 476 g/mol. The smallest absolute Gasteiger partial charge is 0.266 e. The van der Waals surface area contributed by atoms with E-state index in [1.165, 1.54) is 0 Å². The fourth-order valence-electron chi connectivity index (χ4n) is 3.92. The highest BCUT2D eigenvalue weighted by atomic mass is 16.5. The number of hydrogen-bond acceptors (Lipinski definition) is 5. The fourth-order valence-corrected chi connectivity index (χ4v) is 3.92. The fraction of sp³-hybridized carbons (Fsp3) is 0.194. The quantitative estimate of drug-likeness (QED) is 0.205. The summed E-state index contributed by atoms with van der Waals surface area (Å²) in [5.41, 5.74) is 4.50. The van der Waals surface area contributed by atoms with E-state index in [-0.39, 0.29) is 11.7 Å². The first kappa shape index (κ1) is 26.2. The van der Waals surface area contributed by atoms with Crippen LogP contribution in [0.5, 0.6) is 11.5 Å². The van der Waals surface area contributed by atoms with Crippen LogP contribution in [0.1, 0.15) is 31.9 Å². The maximum absolute atomic E-state index is 13.0. The summed E-state index contributed by atoms with van der Waals surface area (Å²) in [5.74, 6) is 1.00. The van der Waals surface area contributed by atoms with E-state index < -0.39 is 5.91 Å². The Morgan fingerprint density at radius 3 is 2.47 bits per heavy atom. The molecule has 0 aliphatic carbocycles. The Hall–Kier alpha value is -4.83. The maximum atomic E-state index is 13.0. The molecule has 3 aromatic carbocycles. The highest BCUT2D eigenvalue weighted by Gasteiger charge is 2.16. The lowest BCUT2D eigenvalue weighted by Gasteiger charge is -2.13. The second-order valence-electron chi connectivity index (χ2n) is 8.94. The number of hydrogen-bond donors (Lipinski definition) is 1. The van der Waals surface area contributed by atoms with Gasteiger partial charge in [0.15, 0.2) is 0 Å². The van der Waals surface area contributed by atoms with Gasteiger partial charge < -0.3 is 14.8 Å². The Morgan fingerprint density at radius 1 is 1.11 bits per heavy atom. The Bertz CT molecular complexity index is 1480. The molecule has 1 N–H and O–H groups in total. The van der Waals surface area contributed by atoms with Gasteiger partial charge in [0.05, 0.1) is 18.4 Å². The number of amides is 1. The first-order valence-corrected chi connectivity index (χ1v) is 12.5. The number of para-hydroxylation sites is 1. The summed E-state index contributed by atoms with van der Waals surface area (Å²) in [6, 6.07) is 24.6. The van der Waals surface area contributed by atoms with Crippen molar-refractivity contribution in [2.45, 2.75) is 33.8 Å². The van der Waals surface area contributed by atoms with Crippen molar-refractivity contribution in [2.24, 2.45) is 0 Å². The second-order valence-corrected chi connectivity index (χ2v) is 8.94. The number of aromatic nitrogens is 2. The van der Waals surface area contributed by atoms with Gasteiger partial charge in [0.1, 0.15) is 28.8 Å². The van der Waals surface area contributed by atoms with Crippen molar-refractivity contribution in [3.05, 3.63) is 95.7 Å². The van der Waals surface area contributed by atoms with Crippen LogP contribution in [0, 0.1) is 18.3 Å². The lowest BCUT2D eigenvalue weighted by atomic mass is 10.0. The topological polar surface area (TPSA) is 89.2 Å². The molecule has 0 radical (unpaired) electrons. The molecule has 1 aromatic heterocycles. The highest BCUT2D eigenvalue weighted by molar-refractivity contribution is 6.10. The minimum Gasteiger partial charge on any atom is -0.494 e. The molecule has 0 spiro atoms. The highest BCUT2D eigenvalue weighted by Crippen LogP contribution is 2.30. The van der Waals surface area contributed by atoms with E-state index in [1.54, 1.807) is 35.0 Å². The normalized spacial score (nSPS) is 11.2. The molecule has 4 rings (SSSR count). The number of ether oxygens (including phenoxy) is 2.